The molecule has 2 atom stereocenters. The summed E-state index contributed by atoms with van der Waals surface area (Å²) >= 11 is -1.51. The van der Waals surface area contributed by atoms with Gasteiger partial charge in [-0.15, -0.1) is 4.31 Å². The second-order valence-corrected chi connectivity index (χ2v) is 11.3. The van der Waals surface area contributed by atoms with Crippen LogP contribution in [0.5, 0.6) is 0 Å². The van der Waals surface area contributed by atoms with Crippen molar-refractivity contribution in [1.82, 2.24) is 19.1 Å². The molecule has 1 fully saturated rings. The first-order chi connectivity index (χ1) is 18.2. The van der Waals surface area contributed by atoms with Gasteiger partial charge in [0.25, 0.3) is 0 Å². The predicted molar refractivity (Wildman–Crippen MR) is 145 cm³/mol. The van der Waals surface area contributed by atoms with E-state index in [1.165, 1.54) is 18.3 Å². The second-order valence-electron chi connectivity index (χ2n) is 9.81. The van der Waals surface area contributed by atoms with Crippen molar-refractivity contribution in [1.29, 1.82) is 5.41 Å². The Kier molecular flexibility index (Phi) is 7.04. The number of piperidine rings is 1. The zero-order chi connectivity index (χ0) is 27.0. The standard InChI is InChI=1S/C28H29FN6O2S/c1-18-8-10-31-25(12-18)27(36)28-14-20(15-30)24(32-23-6-4-22(29)5-7-23)13-21(28)9-11-35(17-28)38(37)26-16-34(3)33-19(26)2/h4-8,10,12-13,15-16,30,32H,9,11,14,17H2,1-3H3. The Morgan fingerprint density at radius 2 is 2.03 bits per heavy atom. The van der Waals surface area contributed by atoms with Gasteiger partial charge in [0.05, 0.1) is 29.5 Å². The highest BCUT2D eigenvalue weighted by Gasteiger charge is 2.51. The normalized spacial score (nSPS) is 20.5. The van der Waals surface area contributed by atoms with E-state index in [9.17, 15) is 13.7 Å². The van der Waals surface area contributed by atoms with Crippen molar-refractivity contribution in [2.24, 2.45) is 12.5 Å². The van der Waals surface area contributed by atoms with Crippen LogP contribution in [0.25, 0.3) is 0 Å². The number of benzene rings is 1. The maximum absolute atomic E-state index is 14.2. The molecule has 5 rings (SSSR count). The SMILES string of the molecule is Cc1ccnc(C(=O)C23CC(C=N)=C(Nc4ccc(F)cc4)C=C2CCN([S+]([O-])c2cn(C)nc2C)C3)c1. The van der Waals surface area contributed by atoms with Crippen molar-refractivity contribution in [3.63, 3.8) is 0 Å². The Morgan fingerprint density at radius 3 is 2.68 bits per heavy atom. The number of ketones is 1. The summed E-state index contributed by atoms with van der Waals surface area (Å²) in [6.45, 7) is 4.45. The van der Waals surface area contributed by atoms with Gasteiger partial charge in [-0.05, 0) is 80.3 Å². The molecular weight excluding hydrogens is 503 g/mol. The number of nitrogens with one attached hydrogen (secondary N) is 2. The second kappa shape index (κ2) is 10.3. The Labute approximate surface area is 224 Å². The van der Waals surface area contributed by atoms with Gasteiger partial charge in [-0.3, -0.25) is 14.5 Å². The topological polar surface area (TPSA) is 110 Å². The summed E-state index contributed by atoms with van der Waals surface area (Å²) in [4.78, 5) is 19.2. The number of hydrogen-bond donors (Lipinski definition) is 2. The van der Waals surface area contributed by atoms with Gasteiger partial charge < -0.3 is 15.3 Å². The molecule has 0 radical (unpaired) electrons. The molecule has 0 bridgehead atoms. The molecular formula is C28H29FN6O2S. The minimum atomic E-state index is -1.51. The fraction of sp³-hybridized carbons (Fsp3) is 0.286. The lowest BCUT2D eigenvalue weighted by Crippen LogP contribution is -2.52. The number of hydrogen-bond acceptors (Lipinski definition) is 7. The van der Waals surface area contributed by atoms with E-state index in [0.29, 0.717) is 46.2 Å². The quantitative estimate of drug-likeness (QED) is 0.263. The molecule has 1 aromatic carbocycles. The summed E-state index contributed by atoms with van der Waals surface area (Å²) < 4.78 is 30.6. The maximum atomic E-state index is 14.2. The number of fused-ring (bicyclic) bond motifs is 1. The molecule has 38 heavy (non-hydrogen) atoms. The zero-order valence-electron chi connectivity index (χ0n) is 21.5. The smallest absolute Gasteiger partial charge is 0.214 e. The molecule has 3 aromatic rings. The van der Waals surface area contributed by atoms with Gasteiger partial charge in [0.1, 0.15) is 17.2 Å². The summed E-state index contributed by atoms with van der Waals surface area (Å²) in [7, 11) is 1.79. The minimum absolute atomic E-state index is 0.155. The Balaban J connectivity index is 1.55. The van der Waals surface area contributed by atoms with Crippen LogP contribution in [0.3, 0.4) is 0 Å². The molecule has 8 nitrogen and oxygen atoms in total. The molecule has 10 heteroatoms. The lowest BCUT2D eigenvalue weighted by Gasteiger charge is -2.45. The van der Waals surface area contributed by atoms with Crippen molar-refractivity contribution in [3.8, 4) is 0 Å². The van der Waals surface area contributed by atoms with Crippen molar-refractivity contribution in [2.75, 3.05) is 18.4 Å². The van der Waals surface area contributed by atoms with E-state index in [2.05, 4.69) is 15.4 Å². The van der Waals surface area contributed by atoms with Crippen LogP contribution in [0, 0.1) is 30.5 Å². The third-order valence-electron chi connectivity index (χ3n) is 7.12. The molecule has 2 N–H and O–H groups in total. The number of halogens is 1. The van der Waals surface area contributed by atoms with Crippen LogP contribution < -0.4 is 5.32 Å². The number of carbonyl (C=O) groups excluding carboxylic acids is 1. The molecule has 2 unspecified atom stereocenters. The first-order valence-corrected chi connectivity index (χ1v) is 13.4. The summed E-state index contributed by atoms with van der Waals surface area (Å²) in [6.07, 6.45) is 7.32. The number of anilines is 1. The number of aromatic nitrogens is 3. The van der Waals surface area contributed by atoms with Crippen LogP contribution in [-0.2, 0) is 18.4 Å². The molecule has 2 aliphatic rings. The van der Waals surface area contributed by atoms with Crippen LogP contribution >= 0.6 is 0 Å². The third-order valence-corrected chi connectivity index (χ3v) is 8.68. The fourth-order valence-corrected chi connectivity index (χ4v) is 6.61. The third kappa shape index (κ3) is 4.82. The number of nitrogens with zero attached hydrogens (tertiary/aromatic N) is 4. The Bertz CT molecular complexity index is 1460. The van der Waals surface area contributed by atoms with Crippen molar-refractivity contribution in [2.45, 2.75) is 31.6 Å². The number of Topliss-reactive ketones (excluding diaryl/α,β-unsaturated/α-hetero) is 1. The summed E-state index contributed by atoms with van der Waals surface area (Å²) in [5.74, 6) is -0.490. The van der Waals surface area contributed by atoms with Crippen LogP contribution in [0.1, 0.15) is 34.6 Å². The van der Waals surface area contributed by atoms with Gasteiger partial charge in [0.2, 0.25) is 4.90 Å². The highest BCUT2D eigenvalue weighted by atomic mass is 32.2. The molecule has 0 amide bonds. The number of pyridine rings is 1. The van der Waals surface area contributed by atoms with Crippen molar-refractivity contribution >= 4 is 29.0 Å². The van der Waals surface area contributed by atoms with E-state index in [1.54, 1.807) is 42.3 Å². The molecule has 0 saturated carbocycles. The van der Waals surface area contributed by atoms with Gasteiger partial charge in [0.15, 0.2) is 5.78 Å². The Hall–Kier alpha value is -3.60. The first kappa shape index (κ1) is 26.0. The van der Waals surface area contributed by atoms with Crippen molar-refractivity contribution < 1.29 is 13.7 Å². The highest BCUT2D eigenvalue weighted by molar-refractivity contribution is 7.89. The Morgan fingerprint density at radius 1 is 1.26 bits per heavy atom. The lowest BCUT2D eigenvalue weighted by molar-refractivity contribution is 0.0769. The monoisotopic (exact) mass is 532 g/mol. The average Bonchev–Trinajstić information content (AvgIpc) is 3.25. The van der Waals surface area contributed by atoms with Gasteiger partial charge in [0, 0.05) is 37.4 Å². The average molecular weight is 533 g/mol. The number of rotatable bonds is 7. The summed E-state index contributed by atoms with van der Waals surface area (Å²) in [6, 6.07) is 9.62. The van der Waals surface area contributed by atoms with E-state index in [0.717, 1.165) is 11.1 Å². The molecule has 0 spiro atoms. The fourth-order valence-electron chi connectivity index (χ4n) is 5.20. The highest BCUT2D eigenvalue weighted by Crippen LogP contribution is 2.48. The molecule has 3 heterocycles. The van der Waals surface area contributed by atoms with E-state index >= 15 is 0 Å². The lowest BCUT2D eigenvalue weighted by atomic mass is 9.65. The maximum Gasteiger partial charge on any atom is 0.214 e. The van der Waals surface area contributed by atoms with E-state index in [1.807, 2.05) is 30.3 Å². The first-order valence-electron chi connectivity index (χ1n) is 12.3. The number of aryl methyl sites for hydroxylation is 3. The largest absolute Gasteiger partial charge is 0.593 e. The van der Waals surface area contributed by atoms with Crippen LogP contribution in [-0.4, -0.2) is 48.7 Å². The molecule has 1 aliphatic heterocycles. The van der Waals surface area contributed by atoms with Gasteiger partial charge in [-0.25, -0.2) is 4.39 Å². The van der Waals surface area contributed by atoms with Crippen LogP contribution in [0.4, 0.5) is 10.1 Å². The molecule has 1 saturated heterocycles. The molecule has 2 aromatic heterocycles. The zero-order valence-corrected chi connectivity index (χ0v) is 22.3. The van der Waals surface area contributed by atoms with Gasteiger partial charge >= 0.3 is 0 Å². The van der Waals surface area contributed by atoms with E-state index in [4.69, 9.17) is 5.41 Å². The molecule has 196 valence electrons. The van der Waals surface area contributed by atoms with E-state index in [-0.39, 0.29) is 24.6 Å². The number of allylic oxidation sites excluding steroid dienone is 2. The van der Waals surface area contributed by atoms with Crippen molar-refractivity contribution in [3.05, 3.63) is 94.5 Å². The molecule has 1 aliphatic carbocycles. The predicted octanol–water partition coefficient (Wildman–Crippen LogP) is 4.51. The minimum Gasteiger partial charge on any atom is -0.593 e. The van der Waals surface area contributed by atoms with Gasteiger partial charge in [-0.2, -0.15) is 5.10 Å². The van der Waals surface area contributed by atoms with Crippen LogP contribution in [0.2, 0.25) is 0 Å². The number of carbonyl (C=O) groups is 1. The van der Waals surface area contributed by atoms with Crippen LogP contribution in [0.15, 0.2) is 76.6 Å². The van der Waals surface area contributed by atoms with E-state index < -0.39 is 16.8 Å². The van der Waals surface area contributed by atoms with Gasteiger partial charge in [-0.1, -0.05) is 5.57 Å². The summed E-state index contributed by atoms with van der Waals surface area (Å²) in [5.41, 5.74) is 3.82. The summed E-state index contributed by atoms with van der Waals surface area (Å²) in [5, 5.41) is 15.8.